The molecule has 1 atom stereocenters. The number of hydrogen-bond donors (Lipinski definition) is 1. The Morgan fingerprint density at radius 2 is 1.29 bits per heavy atom. The van der Waals surface area contributed by atoms with Gasteiger partial charge in [0.05, 0.1) is 0 Å². The molecule has 31 heavy (non-hydrogen) atoms. The second kappa shape index (κ2) is 11.0. The number of nitrogens with one attached hydrogen (secondary N) is 1. The maximum atomic E-state index is 12.8. The second-order valence-electron chi connectivity index (χ2n) is 7.55. The largest absolute Gasteiger partial charge is 0.459 e. The minimum absolute atomic E-state index is 0.127. The molecule has 3 rings (SSSR count). The normalized spacial score (nSPS) is 11.4. The van der Waals surface area contributed by atoms with Crippen molar-refractivity contribution in [2.45, 2.75) is 39.5 Å². The molecule has 160 valence electrons. The van der Waals surface area contributed by atoms with E-state index < -0.39 is 18.1 Å². The van der Waals surface area contributed by atoms with Gasteiger partial charge in [-0.05, 0) is 30.5 Å². The third-order valence-corrected chi connectivity index (χ3v) is 4.73. The molecule has 3 aromatic rings. The molecule has 0 fully saturated rings. The molecule has 0 bridgehead atoms. The maximum absolute atomic E-state index is 12.8. The minimum atomic E-state index is -0.850. The van der Waals surface area contributed by atoms with Gasteiger partial charge in [-0.25, -0.2) is 9.59 Å². The molecule has 0 saturated heterocycles. The summed E-state index contributed by atoms with van der Waals surface area (Å²) in [5, 5.41) is 2.66. The summed E-state index contributed by atoms with van der Waals surface area (Å²) in [6.07, 6.45) is -0.347. The molecule has 0 saturated carbocycles. The Bertz CT molecular complexity index is 982. The van der Waals surface area contributed by atoms with Crippen LogP contribution in [0.5, 0.6) is 0 Å². The van der Waals surface area contributed by atoms with Crippen LogP contribution < -0.4 is 5.32 Å². The number of aryl methyl sites for hydroxylation is 2. The van der Waals surface area contributed by atoms with Crippen molar-refractivity contribution in [1.82, 2.24) is 5.32 Å². The lowest BCUT2D eigenvalue weighted by molar-refractivity contribution is -0.147. The molecule has 0 aromatic heterocycles. The van der Waals surface area contributed by atoms with Crippen molar-refractivity contribution in [3.8, 4) is 0 Å². The summed E-state index contributed by atoms with van der Waals surface area (Å²) in [5.74, 6) is -0.500. The molecule has 0 aliphatic rings. The van der Waals surface area contributed by atoms with Crippen LogP contribution in [0, 0.1) is 13.8 Å². The van der Waals surface area contributed by atoms with Crippen LogP contribution in [-0.2, 0) is 33.9 Å². The Labute approximate surface area is 183 Å². The van der Waals surface area contributed by atoms with E-state index in [1.807, 2.05) is 86.6 Å². The first-order valence-corrected chi connectivity index (χ1v) is 10.2. The predicted molar refractivity (Wildman–Crippen MR) is 119 cm³/mol. The number of carbonyl (C=O) groups is 2. The third kappa shape index (κ3) is 7.30. The van der Waals surface area contributed by atoms with Gasteiger partial charge >= 0.3 is 12.1 Å². The first kappa shape index (κ1) is 22.1. The molecular weight excluding hydrogens is 390 g/mol. The fourth-order valence-corrected chi connectivity index (χ4v) is 3.36. The van der Waals surface area contributed by atoms with Gasteiger partial charge in [0.25, 0.3) is 0 Å². The summed E-state index contributed by atoms with van der Waals surface area (Å²) < 4.78 is 10.8. The standard InChI is InChI=1S/C26H27NO4/c1-19-13-20(2)15-23(14-19)18-30-25(28)24(16-21-9-5-3-6-10-21)27-26(29)31-17-22-11-7-4-8-12-22/h3-15,24H,16-18H2,1-2H3,(H,27,29)/t24-/m0/s1. The van der Waals surface area contributed by atoms with E-state index in [1.165, 1.54) is 0 Å². The Hall–Kier alpha value is -3.60. The van der Waals surface area contributed by atoms with Crippen LogP contribution in [0.15, 0.2) is 78.9 Å². The molecule has 5 nitrogen and oxygen atoms in total. The predicted octanol–water partition coefficient (Wildman–Crippen LogP) is 4.88. The number of amides is 1. The van der Waals surface area contributed by atoms with Gasteiger partial charge in [0.2, 0.25) is 0 Å². The topological polar surface area (TPSA) is 64.6 Å². The highest BCUT2D eigenvalue weighted by Gasteiger charge is 2.23. The smallest absolute Gasteiger partial charge is 0.408 e. The van der Waals surface area contributed by atoms with Gasteiger partial charge in [0, 0.05) is 6.42 Å². The summed E-state index contributed by atoms with van der Waals surface area (Å²) >= 11 is 0. The average molecular weight is 418 g/mol. The zero-order valence-corrected chi connectivity index (χ0v) is 17.8. The fourth-order valence-electron chi connectivity index (χ4n) is 3.36. The SMILES string of the molecule is Cc1cc(C)cc(COC(=O)[C@H](Cc2ccccc2)NC(=O)OCc2ccccc2)c1. The lowest BCUT2D eigenvalue weighted by Gasteiger charge is -2.18. The van der Waals surface area contributed by atoms with Gasteiger partial charge in [-0.1, -0.05) is 90.0 Å². The van der Waals surface area contributed by atoms with Gasteiger partial charge in [-0.15, -0.1) is 0 Å². The Morgan fingerprint density at radius 3 is 1.90 bits per heavy atom. The van der Waals surface area contributed by atoms with E-state index in [-0.39, 0.29) is 13.2 Å². The first-order valence-electron chi connectivity index (χ1n) is 10.2. The third-order valence-electron chi connectivity index (χ3n) is 4.73. The molecule has 3 aromatic carbocycles. The molecule has 0 radical (unpaired) electrons. The van der Waals surface area contributed by atoms with Gasteiger partial charge in [0.1, 0.15) is 19.3 Å². The highest BCUT2D eigenvalue weighted by Crippen LogP contribution is 2.12. The summed E-state index contributed by atoms with van der Waals surface area (Å²) in [7, 11) is 0. The molecule has 0 aliphatic heterocycles. The van der Waals surface area contributed by atoms with Crippen molar-refractivity contribution in [3.05, 3.63) is 107 Å². The summed E-state index contributed by atoms with van der Waals surface area (Å²) in [4.78, 5) is 25.2. The average Bonchev–Trinajstić information content (AvgIpc) is 2.76. The van der Waals surface area contributed by atoms with Crippen LogP contribution in [0.2, 0.25) is 0 Å². The van der Waals surface area contributed by atoms with Crippen molar-refractivity contribution in [2.24, 2.45) is 0 Å². The summed E-state index contributed by atoms with van der Waals surface area (Å²) in [6, 6.07) is 24.0. The summed E-state index contributed by atoms with van der Waals surface area (Å²) in [6.45, 7) is 4.28. The van der Waals surface area contributed by atoms with Crippen molar-refractivity contribution in [2.75, 3.05) is 0 Å². The van der Waals surface area contributed by atoms with Crippen molar-refractivity contribution >= 4 is 12.1 Å². The van der Waals surface area contributed by atoms with E-state index in [4.69, 9.17) is 9.47 Å². The maximum Gasteiger partial charge on any atom is 0.408 e. The van der Waals surface area contributed by atoms with Crippen LogP contribution in [0.1, 0.15) is 27.8 Å². The highest BCUT2D eigenvalue weighted by molar-refractivity contribution is 5.81. The van der Waals surface area contributed by atoms with Crippen LogP contribution >= 0.6 is 0 Å². The van der Waals surface area contributed by atoms with Crippen LogP contribution in [0.4, 0.5) is 4.79 Å². The number of benzene rings is 3. The Morgan fingerprint density at radius 1 is 0.742 bits per heavy atom. The van der Waals surface area contributed by atoms with E-state index >= 15 is 0 Å². The molecular formula is C26H27NO4. The van der Waals surface area contributed by atoms with E-state index in [1.54, 1.807) is 0 Å². The lowest BCUT2D eigenvalue weighted by atomic mass is 10.1. The molecule has 1 amide bonds. The Balaban J connectivity index is 1.63. The molecule has 0 heterocycles. The monoisotopic (exact) mass is 417 g/mol. The molecule has 0 unspecified atom stereocenters. The minimum Gasteiger partial charge on any atom is -0.459 e. The van der Waals surface area contributed by atoms with Gasteiger partial charge in [-0.3, -0.25) is 0 Å². The lowest BCUT2D eigenvalue weighted by Crippen LogP contribution is -2.43. The van der Waals surface area contributed by atoms with Crippen LogP contribution in [0.3, 0.4) is 0 Å². The van der Waals surface area contributed by atoms with E-state index in [0.717, 1.165) is 27.8 Å². The first-order chi connectivity index (χ1) is 15.0. The number of esters is 1. The zero-order chi connectivity index (χ0) is 22.1. The van der Waals surface area contributed by atoms with Crippen LogP contribution in [-0.4, -0.2) is 18.1 Å². The molecule has 0 spiro atoms. The van der Waals surface area contributed by atoms with Gasteiger partial charge in [0.15, 0.2) is 0 Å². The van der Waals surface area contributed by atoms with Gasteiger partial charge in [-0.2, -0.15) is 0 Å². The van der Waals surface area contributed by atoms with E-state index in [9.17, 15) is 9.59 Å². The van der Waals surface area contributed by atoms with Crippen LogP contribution in [0.25, 0.3) is 0 Å². The fraction of sp³-hybridized carbons (Fsp3) is 0.231. The number of carbonyl (C=O) groups excluding carboxylic acids is 2. The number of rotatable bonds is 8. The molecule has 1 N–H and O–H groups in total. The van der Waals surface area contributed by atoms with Crippen molar-refractivity contribution in [3.63, 3.8) is 0 Å². The quantitative estimate of drug-likeness (QED) is 0.530. The van der Waals surface area contributed by atoms with E-state index in [2.05, 4.69) is 11.4 Å². The Kier molecular flexibility index (Phi) is 7.82. The summed E-state index contributed by atoms with van der Waals surface area (Å²) in [5.41, 5.74) is 4.91. The van der Waals surface area contributed by atoms with E-state index in [0.29, 0.717) is 6.42 Å². The van der Waals surface area contributed by atoms with Gasteiger partial charge < -0.3 is 14.8 Å². The highest BCUT2D eigenvalue weighted by atomic mass is 16.6. The van der Waals surface area contributed by atoms with Crippen molar-refractivity contribution < 1.29 is 19.1 Å². The number of alkyl carbamates (subject to hydrolysis) is 1. The molecule has 5 heteroatoms. The zero-order valence-electron chi connectivity index (χ0n) is 17.8. The second-order valence-corrected chi connectivity index (χ2v) is 7.55. The molecule has 0 aliphatic carbocycles. The van der Waals surface area contributed by atoms with Crippen molar-refractivity contribution in [1.29, 1.82) is 0 Å². The number of ether oxygens (including phenoxy) is 2. The number of hydrogen-bond acceptors (Lipinski definition) is 4.